The van der Waals surface area contributed by atoms with Crippen molar-refractivity contribution in [2.24, 2.45) is 5.92 Å². The van der Waals surface area contributed by atoms with E-state index in [9.17, 15) is 4.79 Å². The summed E-state index contributed by atoms with van der Waals surface area (Å²) in [4.78, 5) is 21.0. The van der Waals surface area contributed by atoms with E-state index in [1.54, 1.807) is 12.1 Å². The van der Waals surface area contributed by atoms with Gasteiger partial charge < -0.3 is 9.47 Å². The maximum absolute atomic E-state index is 12.0. The molecule has 0 radical (unpaired) electrons. The smallest absolute Gasteiger partial charge is 0.311 e. The molecule has 3 aromatic rings. The van der Waals surface area contributed by atoms with Gasteiger partial charge in [0.05, 0.1) is 6.61 Å². The first-order chi connectivity index (χ1) is 16.6. The van der Waals surface area contributed by atoms with Crippen LogP contribution in [0.15, 0.2) is 60.9 Å². The van der Waals surface area contributed by atoms with Gasteiger partial charge in [0.25, 0.3) is 0 Å². The van der Waals surface area contributed by atoms with Crippen LogP contribution in [-0.2, 0) is 4.79 Å². The Labute approximate surface area is 203 Å². The molecule has 0 saturated heterocycles. The second-order valence-electron chi connectivity index (χ2n) is 8.80. The molecule has 1 atom stereocenters. The largest absolute Gasteiger partial charge is 0.494 e. The van der Waals surface area contributed by atoms with E-state index in [0.717, 1.165) is 41.9 Å². The molecule has 1 aromatic heterocycles. The summed E-state index contributed by atoms with van der Waals surface area (Å²) >= 11 is 0. The van der Waals surface area contributed by atoms with Crippen LogP contribution in [-0.4, -0.2) is 22.5 Å². The summed E-state index contributed by atoms with van der Waals surface area (Å²) in [6.45, 7) is 7.10. The highest BCUT2D eigenvalue weighted by molar-refractivity contribution is 5.73. The van der Waals surface area contributed by atoms with Gasteiger partial charge in [-0.2, -0.15) is 0 Å². The summed E-state index contributed by atoms with van der Waals surface area (Å²) in [5, 5.41) is 0. The van der Waals surface area contributed by atoms with Gasteiger partial charge in [-0.3, -0.25) is 4.79 Å². The van der Waals surface area contributed by atoms with E-state index in [1.807, 2.05) is 55.7 Å². The van der Waals surface area contributed by atoms with Crippen LogP contribution in [0.1, 0.15) is 65.7 Å². The zero-order valence-corrected chi connectivity index (χ0v) is 20.6. The molecule has 0 fully saturated rings. The SMILES string of the molecule is CCCCCCCOc1ccc(-c2ncc(-c3ccc(OC(=O)CC(C)CC)cc3)cn2)cc1. The Hall–Kier alpha value is -3.21. The lowest BCUT2D eigenvalue weighted by atomic mass is 10.1. The van der Waals surface area contributed by atoms with Crippen molar-refractivity contribution in [2.45, 2.75) is 65.7 Å². The highest BCUT2D eigenvalue weighted by Crippen LogP contribution is 2.24. The Balaban J connectivity index is 1.53. The molecule has 0 spiro atoms. The van der Waals surface area contributed by atoms with Crippen LogP contribution in [0, 0.1) is 5.92 Å². The second-order valence-corrected chi connectivity index (χ2v) is 8.80. The first-order valence-electron chi connectivity index (χ1n) is 12.5. The molecule has 0 bridgehead atoms. The third-order valence-electron chi connectivity index (χ3n) is 5.91. The number of rotatable bonds is 13. The van der Waals surface area contributed by atoms with Gasteiger partial charge in [0, 0.05) is 29.9 Å². The Morgan fingerprint density at radius 1 is 0.794 bits per heavy atom. The molecule has 180 valence electrons. The molecule has 34 heavy (non-hydrogen) atoms. The lowest BCUT2D eigenvalue weighted by molar-refractivity contribution is -0.135. The molecular weight excluding hydrogens is 424 g/mol. The first kappa shape index (κ1) is 25.4. The fourth-order valence-electron chi connectivity index (χ4n) is 3.54. The number of carbonyl (C=O) groups excluding carboxylic acids is 1. The number of nitrogens with zero attached hydrogens (tertiary/aromatic N) is 2. The van der Waals surface area contributed by atoms with Crippen molar-refractivity contribution in [3.8, 4) is 34.0 Å². The monoisotopic (exact) mass is 460 g/mol. The van der Waals surface area contributed by atoms with Gasteiger partial charge in [-0.05, 0) is 54.3 Å². The molecular formula is C29H36N2O3. The van der Waals surface area contributed by atoms with E-state index in [-0.39, 0.29) is 5.97 Å². The fourth-order valence-corrected chi connectivity index (χ4v) is 3.54. The highest BCUT2D eigenvalue weighted by Gasteiger charge is 2.10. The normalized spacial score (nSPS) is 11.7. The van der Waals surface area contributed by atoms with Gasteiger partial charge >= 0.3 is 5.97 Å². The van der Waals surface area contributed by atoms with Crippen molar-refractivity contribution >= 4 is 5.97 Å². The van der Waals surface area contributed by atoms with Crippen LogP contribution in [0.5, 0.6) is 11.5 Å². The molecule has 1 heterocycles. The van der Waals surface area contributed by atoms with Crippen molar-refractivity contribution in [1.29, 1.82) is 0 Å². The van der Waals surface area contributed by atoms with Gasteiger partial charge in [-0.25, -0.2) is 9.97 Å². The fraction of sp³-hybridized carbons (Fsp3) is 0.414. The maximum atomic E-state index is 12.0. The molecule has 1 unspecified atom stereocenters. The first-order valence-corrected chi connectivity index (χ1v) is 12.5. The van der Waals surface area contributed by atoms with E-state index in [4.69, 9.17) is 9.47 Å². The van der Waals surface area contributed by atoms with Crippen LogP contribution < -0.4 is 9.47 Å². The topological polar surface area (TPSA) is 61.3 Å². The Kier molecular flexibility index (Phi) is 10.1. The van der Waals surface area contributed by atoms with E-state index >= 15 is 0 Å². The number of hydrogen-bond donors (Lipinski definition) is 0. The van der Waals surface area contributed by atoms with Gasteiger partial charge in [0.1, 0.15) is 11.5 Å². The summed E-state index contributed by atoms with van der Waals surface area (Å²) in [6, 6.07) is 15.4. The zero-order chi connectivity index (χ0) is 24.2. The molecule has 3 rings (SSSR count). The molecule has 0 N–H and O–H groups in total. The second kappa shape index (κ2) is 13.5. The predicted molar refractivity (Wildman–Crippen MR) is 137 cm³/mol. The third-order valence-corrected chi connectivity index (χ3v) is 5.91. The van der Waals surface area contributed by atoms with Crippen molar-refractivity contribution < 1.29 is 14.3 Å². The molecule has 5 nitrogen and oxygen atoms in total. The quantitative estimate of drug-likeness (QED) is 0.150. The lowest BCUT2D eigenvalue weighted by Crippen LogP contribution is -2.11. The molecule has 5 heteroatoms. The van der Waals surface area contributed by atoms with Crippen LogP contribution >= 0.6 is 0 Å². The minimum absolute atomic E-state index is 0.196. The number of hydrogen-bond acceptors (Lipinski definition) is 5. The van der Waals surface area contributed by atoms with E-state index < -0.39 is 0 Å². The van der Waals surface area contributed by atoms with Crippen molar-refractivity contribution in [2.75, 3.05) is 6.61 Å². The summed E-state index contributed by atoms with van der Waals surface area (Å²) in [5.41, 5.74) is 2.82. The van der Waals surface area contributed by atoms with Gasteiger partial charge in [0.15, 0.2) is 5.82 Å². The number of ether oxygens (including phenoxy) is 2. The van der Waals surface area contributed by atoms with Crippen molar-refractivity contribution in [3.05, 3.63) is 60.9 Å². The van der Waals surface area contributed by atoms with E-state index in [0.29, 0.717) is 23.9 Å². The predicted octanol–water partition coefficient (Wildman–Crippen LogP) is 7.50. The van der Waals surface area contributed by atoms with Crippen LogP contribution in [0.25, 0.3) is 22.5 Å². The average Bonchev–Trinajstić information content (AvgIpc) is 2.87. The Bertz CT molecular complexity index is 999. The molecule has 0 aliphatic heterocycles. The molecule has 0 aliphatic rings. The molecule has 0 aliphatic carbocycles. The molecule has 2 aromatic carbocycles. The van der Waals surface area contributed by atoms with E-state index in [1.165, 1.54) is 25.7 Å². The Morgan fingerprint density at radius 3 is 2.06 bits per heavy atom. The average molecular weight is 461 g/mol. The summed E-state index contributed by atoms with van der Waals surface area (Å²) in [5.74, 6) is 2.23. The van der Waals surface area contributed by atoms with Crippen LogP contribution in [0.2, 0.25) is 0 Å². The van der Waals surface area contributed by atoms with E-state index in [2.05, 4.69) is 23.8 Å². The number of benzene rings is 2. The minimum atomic E-state index is -0.196. The van der Waals surface area contributed by atoms with Crippen LogP contribution in [0.3, 0.4) is 0 Å². The maximum Gasteiger partial charge on any atom is 0.311 e. The number of aromatic nitrogens is 2. The highest BCUT2D eigenvalue weighted by atomic mass is 16.5. The lowest BCUT2D eigenvalue weighted by Gasteiger charge is -2.09. The molecule has 0 amide bonds. The van der Waals surface area contributed by atoms with Gasteiger partial charge in [0.2, 0.25) is 0 Å². The standard InChI is InChI=1S/C29H36N2O3/c1-4-6-7-8-9-18-33-26-14-12-24(13-15-26)29-30-20-25(21-31-29)23-10-16-27(17-11-23)34-28(32)19-22(3)5-2/h10-17,20-22H,4-9,18-19H2,1-3H3. The van der Waals surface area contributed by atoms with Gasteiger partial charge in [-0.1, -0.05) is 65.0 Å². The van der Waals surface area contributed by atoms with Crippen molar-refractivity contribution in [1.82, 2.24) is 9.97 Å². The van der Waals surface area contributed by atoms with Crippen molar-refractivity contribution in [3.63, 3.8) is 0 Å². The zero-order valence-electron chi connectivity index (χ0n) is 20.6. The number of carbonyl (C=O) groups is 1. The summed E-state index contributed by atoms with van der Waals surface area (Å²) in [6.07, 6.45) is 11.2. The summed E-state index contributed by atoms with van der Waals surface area (Å²) in [7, 11) is 0. The van der Waals surface area contributed by atoms with Gasteiger partial charge in [-0.15, -0.1) is 0 Å². The third kappa shape index (κ3) is 7.98. The summed E-state index contributed by atoms with van der Waals surface area (Å²) < 4.78 is 11.3. The number of unbranched alkanes of at least 4 members (excludes halogenated alkanes) is 4. The molecule has 0 saturated carbocycles. The minimum Gasteiger partial charge on any atom is -0.494 e. The van der Waals surface area contributed by atoms with Crippen LogP contribution in [0.4, 0.5) is 0 Å². The number of esters is 1. The Morgan fingerprint density at radius 2 is 1.41 bits per heavy atom.